The number of carbonyl (C=O) groups excluding carboxylic acids is 1. The molecule has 1 amide bonds. The van der Waals surface area contributed by atoms with E-state index in [4.69, 9.17) is 4.74 Å². The van der Waals surface area contributed by atoms with Gasteiger partial charge in [0, 0.05) is 56.5 Å². The molecule has 1 atom stereocenters. The van der Waals surface area contributed by atoms with E-state index in [0.717, 1.165) is 41.4 Å². The summed E-state index contributed by atoms with van der Waals surface area (Å²) in [5.74, 6) is 2.49. The summed E-state index contributed by atoms with van der Waals surface area (Å²) in [6.07, 6.45) is 4.44. The standard InChI is InChI=1S/C24H28N6O2.H2S/c1-15(19-6-5-17(24(31)25-2)10-21(19)32-4)12-26-22-11-20(28-14-29-22)18-9-16-7-8-30(3)23(16)27-13-18;/h5-6,9-11,13-15H,7-8,12H2,1-4H3,(H,25,31)(H,26,28,29);1H2/t15-;/m1./s1. The fourth-order valence-corrected chi connectivity index (χ4v) is 3.95. The van der Waals surface area contributed by atoms with Gasteiger partial charge in [0.1, 0.15) is 23.7 Å². The quantitative estimate of drug-likeness (QED) is 0.552. The van der Waals surface area contributed by atoms with E-state index < -0.39 is 0 Å². The van der Waals surface area contributed by atoms with Gasteiger partial charge >= 0.3 is 0 Å². The molecular weight excluding hydrogens is 436 g/mol. The number of methoxy groups -OCH3 is 1. The Labute approximate surface area is 201 Å². The van der Waals surface area contributed by atoms with Gasteiger partial charge in [0.15, 0.2) is 0 Å². The second-order valence-corrected chi connectivity index (χ2v) is 7.98. The molecule has 2 aromatic heterocycles. The molecule has 33 heavy (non-hydrogen) atoms. The van der Waals surface area contributed by atoms with Crippen LogP contribution in [0.3, 0.4) is 0 Å². The maximum atomic E-state index is 11.9. The van der Waals surface area contributed by atoms with Gasteiger partial charge in [-0.05, 0) is 35.7 Å². The Kier molecular flexibility index (Phi) is 7.75. The minimum absolute atomic E-state index is 0. The molecule has 0 aliphatic carbocycles. The van der Waals surface area contributed by atoms with Crippen molar-refractivity contribution < 1.29 is 9.53 Å². The van der Waals surface area contributed by atoms with Crippen molar-refractivity contribution in [1.82, 2.24) is 20.3 Å². The van der Waals surface area contributed by atoms with E-state index in [9.17, 15) is 4.79 Å². The van der Waals surface area contributed by atoms with Gasteiger partial charge in [0.2, 0.25) is 0 Å². The Bertz CT molecular complexity index is 1140. The van der Waals surface area contributed by atoms with Crippen molar-refractivity contribution in [3.8, 4) is 17.0 Å². The summed E-state index contributed by atoms with van der Waals surface area (Å²) in [7, 11) is 5.29. The lowest BCUT2D eigenvalue weighted by molar-refractivity contribution is 0.0962. The van der Waals surface area contributed by atoms with Crippen LogP contribution in [0.2, 0.25) is 0 Å². The van der Waals surface area contributed by atoms with Gasteiger partial charge in [-0.3, -0.25) is 4.79 Å². The number of likely N-dealkylation sites (N-methyl/N-ethyl adjacent to an activating group) is 1. The normalized spacial score (nSPS) is 13.0. The van der Waals surface area contributed by atoms with Crippen molar-refractivity contribution in [3.05, 3.63) is 59.5 Å². The van der Waals surface area contributed by atoms with E-state index in [-0.39, 0.29) is 25.3 Å². The van der Waals surface area contributed by atoms with Gasteiger partial charge in [-0.25, -0.2) is 15.0 Å². The summed E-state index contributed by atoms with van der Waals surface area (Å²) >= 11 is 0. The fourth-order valence-electron chi connectivity index (χ4n) is 3.95. The number of benzene rings is 1. The molecule has 1 aliphatic rings. The van der Waals surface area contributed by atoms with Crippen LogP contribution < -0.4 is 20.3 Å². The summed E-state index contributed by atoms with van der Waals surface area (Å²) in [6.45, 7) is 3.75. The first-order valence-electron chi connectivity index (χ1n) is 10.7. The first-order valence-corrected chi connectivity index (χ1v) is 10.7. The molecule has 3 aromatic rings. The average Bonchev–Trinajstić information content (AvgIpc) is 3.21. The van der Waals surface area contributed by atoms with Gasteiger partial charge in [0.25, 0.3) is 5.91 Å². The number of fused-ring (bicyclic) bond motifs is 1. The molecule has 1 aromatic carbocycles. The van der Waals surface area contributed by atoms with Gasteiger partial charge in [-0.15, -0.1) is 0 Å². The highest BCUT2D eigenvalue weighted by Crippen LogP contribution is 2.30. The number of rotatable bonds is 7. The first kappa shape index (κ1) is 24.3. The maximum absolute atomic E-state index is 11.9. The van der Waals surface area contributed by atoms with E-state index >= 15 is 0 Å². The molecule has 0 radical (unpaired) electrons. The predicted molar refractivity (Wildman–Crippen MR) is 136 cm³/mol. The third kappa shape index (κ3) is 5.19. The molecule has 8 nitrogen and oxygen atoms in total. The monoisotopic (exact) mass is 466 g/mol. The van der Waals surface area contributed by atoms with Gasteiger partial charge < -0.3 is 20.3 Å². The fraction of sp³-hybridized carbons (Fsp3) is 0.333. The van der Waals surface area contributed by atoms with E-state index in [2.05, 4.69) is 50.5 Å². The molecule has 0 saturated heterocycles. The van der Waals surface area contributed by atoms with Crippen LogP contribution in [0.5, 0.6) is 5.75 Å². The van der Waals surface area contributed by atoms with Gasteiger partial charge in [-0.2, -0.15) is 13.5 Å². The van der Waals surface area contributed by atoms with Crippen LogP contribution >= 0.6 is 13.5 Å². The molecule has 0 spiro atoms. The predicted octanol–water partition coefficient (Wildman–Crippen LogP) is 3.23. The number of nitrogens with zero attached hydrogens (tertiary/aromatic N) is 4. The van der Waals surface area contributed by atoms with Crippen LogP contribution in [0.15, 0.2) is 42.9 Å². The Hall–Kier alpha value is -3.33. The van der Waals surface area contributed by atoms with Crippen LogP contribution in [-0.2, 0) is 6.42 Å². The lowest BCUT2D eigenvalue weighted by atomic mass is 9.98. The number of amides is 1. The van der Waals surface area contributed by atoms with E-state index in [1.54, 1.807) is 26.6 Å². The van der Waals surface area contributed by atoms with Crippen LogP contribution in [0.4, 0.5) is 11.6 Å². The van der Waals surface area contributed by atoms with Crippen molar-refractivity contribution >= 4 is 31.0 Å². The average molecular weight is 467 g/mol. The molecule has 9 heteroatoms. The molecule has 0 bridgehead atoms. The van der Waals surface area contributed by atoms with Crippen molar-refractivity contribution in [2.24, 2.45) is 0 Å². The zero-order valence-electron chi connectivity index (χ0n) is 19.3. The van der Waals surface area contributed by atoms with Gasteiger partial charge in [0.05, 0.1) is 12.8 Å². The molecule has 174 valence electrons. The Morgan fingerprint density at radius 1 is 1.21 bits per heavy atom. The van der Waals surface area contributed by atoms with E-state index in [1.165, 1.54) is 5.56 Å². The second-order valence-electron chi connectivity index (χ2n) is 7.98. The lowest BCUT2D eigenvalue weighted by Gasteiger charge is -2.17. The molecule has 0 unspecified atom stereocenters. The summed E-state index contributed by atoms with van der Waals surface area (Å²) in [5.41, 5.74) is 4.67. The Balaban J connectivity index is 0.00000306. The van der Waals surface area contributed by atoms with E-state index in [1.807, 2.05) is 24.4 Å². The van der Waals surface area contributed by atoms with Crippen molar-refractivity contribution in [1.29, 1.82) is 0 Å². The number of carbonyl (C=O) groups is 1. The van der Waals surface area contributed by atoms with Crippen LogP contribution in [0.1, 0.15) is 34.3 Å². The molecule has 0 saturated carbocycles. The molecular formula is C24H30N6O2S. The van der Waals surface area contributed by atoms with Crippen molar-refractivity contribution in [2.75, 3.05) is 44.5 Å². The highest BCUT2D eigenvalue weighted by molar-refractivity contribution is 7.59. The maximum Gasteiger partial charge on any atom is 0.251 e. The summed E-state index contributed by atoms with van der Waals surface area (Å²) in [4.78, 5) is 27.5. The molecule has 1 aliphatic heterocycles. The lowest BCUT2D eigenvalue weighted by Crippen LogP contribution is -2.18. The minimum atomic E-state index is -0.137. The topological polar surface area (TPSA) is 92.3 Å². The van der Waals surface area contributed by atoms with Crippen LogP contribution in [-0.4, -0.2) is 55.2 Å². The Morgan fingerprint density at radius 2 is 2.03 bits per heavy atom. The number of aromatic nitrogens is 3. The van der Waals surface area contributed by atoms with Crippen molar-refractivity contribution in [3.63, 3.8) is 0 Å². The smallest absolute Gasteiger partial charge is 0.251 e. The van der Waals surface area contributed by atoms with Gasteiger partial charge in [-0.1, -0.05) is 13.0 Å². The number of nitrogens with one attached hydrogen (secondary N) is 2. The third-order valence-corrected chi connectivity index (χ3v) is 5.83. The molecule has 4 rings (SSSR count). The summed E-state index contributed by atoms with van der Waals surface area (Å²) < 4.78 is 5.53. The highest BCUT2D eigenvalue weighted by Gasteiger charge is 2.18. The SMILES string of the molecule is CNC(=O)c1ccc([C@H](C)CNc2cc(-c3cnc4c(c3)CCN4C)ncn2)c(OC)c1.S. The first-order chi connectivity index (χ1) is 15.5. The van der Waals surface area contributed by atoms with Crippen molar-refractivity contribution in [2.45, 2.75) is 19.3 Å². The molecule has 3 heterocycles. The number of hydrogen-bond donors (Lipinski definition) is 2. The van der Waals surface area contributed by atoms with Crippen LogP contribution in [0, 0.1) is 0 Å². The molecule has 2 N–H and O–H groups in total. The highest BCUT2D eigenvalue weighted by atomic mass is 32.1. The minimum Gasteiger partial charge on any atom is -0.496 e. The molecule has 0 fully saturated rings. The zero-order valence-corrected chi connectivity index (χ0v) is 20.3. The zero-order chi connectivity index (χ0) is 22.7. The number of anilines is 2. The second kappa shape index (κ2) is 10.5. The van der Waals surface area contributed by atoms with Crippen LogP contribution in [0.25, 0.3) is 11.3 Å². The summed E-state index contributed by atoms with van der Waals surface area (Å²) in [5, 5.41) is 6.03. The summed E-state index contributed by atoms with van der Waals surface area (Å²) in [6, 6.07) is 9.63. The number of pyridine rings is 1. The number of hydrogen-bond acceptors (Lipinski definition) is 7. The Morgan fingerprint density at radius 3 is 2.79 bits per heavy atom. The third-order valence-electron chi connectivity index (χ3n) is 5.83. The number of ether oxygens (including phenoxy) is 1. The van der Waals surface area contributed by atoms with E-state index in [0.29, 0.717) is 17.9 Å². The largest absolute Gasteiger partial charge is 0.496 e.